The first kappa shape index (κ1) is 16.7. The largest absolute Gasteiger partial charge is 0.346 e. The zero-order chi connectivity index (χ0) is 15.2. The summed E-state index contributed by atoms with van der Waals surface area (Å²) < 4.78 is 0. The molecule has 120 valence electrons. The average Bonchev–Trinajstić information content (AvgIpc) is 3.02. The molecule has 21 heavy (non-hydrogen) atoms. The van der Waals surface area contributed by atoms with Crippen LogP contribution in [0.1, 0.15) is 52.3 Å². The van der Waals surface area contributed by atoms with E-state index in [4.69, 9.17) is 4.98 Å². The topological polar surface area (TPSA) is 31.4 Å². The predicted molar refractivity (Wildman–Crippen MR) is 92.4 cm³/mol. The zero-order valence-electron chi connectivity index (χ0n) is 13.9. The number of hydrogen-bond acceptors (Lipinski definition) is 5. The summed E-state index contributed by atoms with van der Waals surface area (Å²) in [4.78, 5) is 9.88. The van der Waals surface area contributed by atoms with Gasteiger partial charge in [-0.2, -0.15) is 0 Å². The van der Waals surface area contributed by atoms with Gasteiger partial charge in [0.2, 0.25) is 0 Å². The van der Waals surface area contributed by atoms with Crippen molar-refractivity contribution in [3.8, 4) is 0 Å². The minimum absolute atomic E-state index is 0.358. The molecule has 2 atom stereocenters. The van der Waals surface area contributed by atoms with Crippen LogP contribution in [0.2, 0.25) is 0 Å². The SMILES string of the molecule is CCCNC(C)c1csc(N2CCN(C(C)CC)CC2)n1. The number of rotatable bonds is 7. The summed E-state index contributed by atoms with van der Waals surface area (Å²) in [6.07, 6.45) is 2.40. The Kier molecular flexibility index (Phi) is 6.45. The first-order valence-corrected chi connectivity index (χ1v) is 9.21. The molecule has 5 heteroatoms. The molecule has 4 nitrogen and oxygen atoms in total. The van der Waals surface area contributed by atoms with Gasteiger partial charge in [-0.3, -0.25) is 4.90 Å². The van der Waals surface area contributed by atoms with Gasteiger partial charge in [0.05, 0.1) is 5.69 Å². The van der Waals surface area contributed by atoms with Gasteiger partial charge in [-0.1, -0.05) is 13.8 Å². The van der Waals surface area contributed by atoms with Crippen LogP contribution >= 0.6 is 11.3 Å². The molecule has 0 aliphatic carbocycles. The Morgan fingerprint density at radius 3 is 2.57 bits per heavy atom. The van der Waals surface area contributed by atoms with E-state index in [0.717, 1.165) is 32.7 Å². The standard InChI is InChI=1S/C16H30N4S/c1-5-7-17-14(4)15-12-21-16(18-15)20-10-8-19(9-11-20)13(3)6-2/h12-14,17H,5-11H2,1-4H3. The minimum atomic E-state index is 0.358. The highest BCUT2D eigenvalue weighted by Crippen LogP contribution is 2.25. The van der Waals surface area contributed by atoms with Gasteiger partial charge < -0.3 is 10.2 Å². The summed E-state index contributed by atoms with van der Waals surface area (Å²) in [6, 6.07) is 1.06. The molecule has 1 N–H and O–H groups in total. The Morgan fingerprint density at radius 2 is 1.95 bits per heavy atom. The maximum absolute atomic E-state index is 4.84. The number of piperazine rings is 1. The molecule has 2 rings (SSSR count). The molecule has 0 bridgehead atoms. The summed E-state index contributed by atoms with van der Waals surface area (Å²) in [5.74, 6) is 0. The highest BCUT2D eigenvalue weighted by Gasteiger charge is 2.22. The quantitative estimate of drug-likeness (QED) is 0.838. The Labute approximate surface area is 133 Å². The summed E-state index contributed by atoms with van der Waals surface area (Å²) in [7, 11) is 0. The molecule has 0 saturated carbocycles. The lowest BCUT2D eigenvalue weighted by molar-refractivity contribution is 0.193. The van der Waals surface area contributed by atoms with Crippen LogP contribution in [-0.4, -0.2) is 48.6 Å². The van der Waals surface area contributed by atoms with Crippen LogP contribution in [0.4, 0.5) is 5.13 Å². The number of anilines is 1. The van der Waals surface area contributed by atoms with Crippen LogP contribution in [-0.2, 0) is 0 Å². The third-order valence-electron chi connectivity index (χ3n) is 4.45. The van der Waals surface area contributed by atoms with E-state index in [1.165, 1.54) is 23.7 Å². The van der Waals surface area contributed by atoms with Crippen LogP contribution in [0.15, 0.2) is 5.38 Å². The van der Waals surface area contributed by atoms with Gasteiger partial charge in [-0.25, -0.2) is 4.98 Å². The van der Waals surface area contributed by atoms with Crippen LogP contribution in [0, 0.1) is 0 Å². The van der Waals surface area contributed by atoms with Crippen molar-refractivity contribution in [2.45, 2.75) is 52.6 Å². The van der Waals surface area contributed by atoms with Crippen molar-refractivity contribution in [2.24, 2.45) is 0 Å². The normalized spacial score (nSPS) is 19.7. The Hall–Kier alpha value is -0.650. The van der Waals surface area contributed by atoms with Crippen LogP contribution < -0.4 is 10.2 Å². The van der Waals surface area contributed by atoms with Crippen LogP contribution in [0.3, 0.4) is 0 Å². The maximum Gasteiger partial charge on any atom is 0.185 e. The molecule has 0 amide bonds. The van der Waals surface area contributed by atoms with Gasteiger partial charge >= 0.3 is 0 Å². The molecule has 1 aromatic rings. The number of aromatic nitrogens is 1. The van der Waals surface area contributed by atoms with Gasteiger partial charge in [0.25, 0.3) is 0 Å². The van der Waals surface area contributed by atoms with E-state index < -0.39 is 0 Å². The summed E-state index contributed by atoms with van der Waals surface area (Å²) in [6.45, 7) is 14.6. The first-order valence-electron chi connectivity index (χ1n) is 8.33. The van der Waals surface area contributed by atoms with Gasteiger partial charge in [-0.05, 0) is 33.2 Å². The highest BCUT2D eigenvalue weighted by molar-refractivity contribution is 7.13. The van der Waals surface area contributed by atoms with Crippen molar-refractivity contribution in [3.05, 3.63) is 11.1 Å². The van der Waals surface area contributed by atoms with E-state index in [9.17, 15) is 0 Å². The molecule has 1 aliphatic heterocycles. The average molecular weight is 311 g/mol. The lowest BCUT2D eigenvalue weighted by atomic mass is 10.2. The molecule has 1 aliphatic rings. The maximum atomic E-state index is 4.84. The number of nitrogens with zero attached hydrogens (tertiary/aromatic N) is 3. The molecule has 0 aromatic carbocycles. The van der Waals surface area contributed by atoms with Crippen molar-refractivity contribution in [3.63, 3.8) is 0 Å². The third-order valence-corrected chi connectivity index (χ3v) is 5.37. The molecule has 0 spiro atoms. The van der Waals surface area contributed by atoms with Gasteiger partial charge in [0.1, 0.15) is 0 Å². The van der Waals surface area contributed by atoms with Gasteiger partial charge in [0, 0.05) is 43.6 Å². The molecule has 1 saturated heterocycles. The Morgan fingerprint density at radius 1 is 1.24 bits per heavy atom. The number of nitrogens with one attached hydrogen (secondary N) is 1. The fourth-order valence-electron chi connectivity index (χ4n) is 2.70. The van der Waals surface area contributed by atoms with E-state index in [1.54, 1.807) is 11.3 Å². The van der Waals surface area contributed by atoms with Crippen molar-refractivity contribution in [2.75, 3.05) is 37.6 Å². The zero-order valence-corrected chi connectivity index (χ0v) is 14.7. The second kappa shape index (κ2) is 8.11. The minimum Gasteiger partial charge on any atom is -0.346 e. The number of thiazole rings is 1. The van der Waals surface area contributed by atoms with Crippen molar-refractivity contribution < 1.29 is 0 Å². The molecule has 1 fully saturated rings. The van der Waals surface area contributed by atoms with Crippen molar-refractivity contribution >= 4 is 16.5 Å². The highest BCUT2D eigenvalue weighted by atomic mass is 32.1. The number of hydrogen-bond donors (Lipinski definition) is 1. The lowest BCUT2D eigenvalue weighted by Crippen LogP contribution is -2.49. The van der Waals surface area contributed by atoms with Gasteiger partial charge in [-0.15, -0.1) is 11.3 Å². The van der Waals surface area contributed by atoms with Crippen molar-refractivity contribution in [1.29, 1.82) is 0 Å². The smallest absolute Gasteiger partial charge is 0.185 e. The lowest BCUT2D eigenvalue weighted by Gasteiger charge is -2.37. The molecule has 0 radical (unpaired) electrons. The molecular weight excluding hydrogens is 280 g/mol. The fraction of sp³-hybridized carbons (Fsp3) is 0.812. The van der Waals surface area contributed by atoms with E-state index in [0.29, 0.717) is 12.1 Å². The van der Waals surface area contributed by atoms with E-state index in [2.05, 4.69) is 48.2 Å². The molecule has 2 heterocycles. The van der Waals surface area contributed by atoms with Crippen molar-refractivity contribution in [1.82, 2.24) is 15.2 Å². The third kappa shape index (κ3) is 4.41. The monoisotopic (exact) mass is 310 g/mol. The Bertz CT molecular complexity index is 412. The summed E-state index contributed by atoms with van der Waals surface area (Å²) in [5, 5.41) is 6.92. The van der Waals surface area contributed by atoms with Gasteiger partial charge in [0.15, 0.2) is 5.13 Å². The van der Waals surface area contributed by atoms with E-state index in [-0.39, 0.29) is 0 Å². The molecule has 2 unspecified atom stereocenters. The first-order chi connectivity index (χ1) is 10.2. The predicted octanol–water partition coefficient (Wildman–Crippen LogP) is 3.12. The molecular formula is C16H30N4S. The summed E-state index contributed by atoms with van der Waals surface area (Å²) >= 11 is 1.79. The second-order valence-corrected chi connectivity index (χ2v) is 6.85. The van der Waals surface area contributed by atoms with E-state index in [1.807, 2.05) is 0 Å². The Balaban J connectivity index is 1.88. The van der Waals surface area contributed by atoms with E-state index >= 15 is 0 Å². The van der Waals surface area contributed by atoms with Crippen LogP contribution in [0.25, 0.3) is 0 Å². The second-order valence-electron chi connectivity index (χ2n) is 6.01. The fourth-order valence-corrected chi connectivity index (χ4v) is 3.67. The summed E-state index contributed by atoms with van der Waals surface area (Å²) in [5.41, 5.74) is 1.19. The molecule has 1 aromatic heterocycles. The van der Waals surface area contributed by atoms with Crippen LogP contribution in [0.5, 0.6) is 0 Å².